The standard InChI is InChI=1S/C9H9BrN4O/c1-5(11)8-13-14-9(15-8)6-2-7(10)4-12-3-6/h2-5H,11H2,1H3. The molecule has 1 unspecified atom stereocenters. The molecule has 2 aromatic rings. The number of hydrogen-bond acceptors (Lipinski definition) is 5. The lowest BCUT2D eigenvalue weighted by molar-refractivity contribution is 0.473. The maximum absolute atomic E-state index is 5.61. The van der Waals surface area contributed by atoms with E-state index in [0.29, 0.717) is 11.8 Å². The topological polar surface area (TPSA) is 77.8 Å². The SMILES string of the molecule is CC(N)c1nnc(-c2cncc(Br)c2)o1. The first kappa shape index (κ1) is 10.3. The van der Waals surface area contributed by atoms with Crippen molar-refractivity contribution < 1.29 is 4.42 Å². The normalized spacial score (nSPS) is 12.7. The van der Waals surface area contributed by atoms with Gasteiger partial charge in [0.15, 0.2) is 0 Å². The highest BCUT2D eigenvalue weighted by Gasteiger charge is 2.11. The average Bonchev–Trinajstić information content (AvgIpc) is 2.66. The van der Waals surface area contributed by atoms with Crippen LogP contribution in [0.15, 0.2) is 27.3 Å². The fraction of sp³-hybridized carbons (Fsp3) is 0.222. The molecule has 0 aliphatic carbocycles. The van der Waals surface area contributed by atoms with Crippen molar-refractivity contribution in [1.82, 2.24) is 15.2 Å². The van der Waals surface area contributed by atoms with Crippen LogP contribution in [-0.4, -0.2) is 15.2 Å². The third kappa shape index (κ3) is 2.21. The largest absolute Gasteiger partial charge is 0.419 e. The molecule has 0 saturated carbocycles. The van der Waals surface area contributed by atoms with Crippen molar-refractivity contribution in [1.29, 1.82) is 0 Å². The lowest BCUT2D eigenvalue weighted by Gasteiger charge is -1.96. The van der Waals surface area contributed by atoms with Gasteiger partial charge in [0.25, 0.3) is 0 Å². The molecule has 0 saturated heterocycles. The molecule has 2 aromatic heterocycles. The predicted octanol–water partition coefficient (Wildman–Crippen LogP) is 1.91. The van der Waals surface area contributed by atoms with Crippen molar-refractivity contribution in [2.75, 3.05) is 0 Å². The quantitative estimate of drug-likeness (QED) is 0.901. The zero-order chi connectivity index (χ0) is 10.8. The molecule has 0 fully saturated rings. The van der Waals surface area contributed by atoms with Gasteiger partial charge in [0, 0.05) is 16.9 Å². The second-order valence-corrected chi connectivity index (χ2v) is 4.04. The Bertz CT molecular complexity index is 469. The Hall–Kier alpha value is -1.27. The van der Waals surface area contributed by atoms with Crippen LogP contribution in [0.25, 0.3) is 11.5 Å². The molecule has 15 heavy (non-hydrogen) atoms. The summed E-state index contributed by atoms with van der Waals surface area (Å²) in [5.41, 5.74) is 6.38. The first-order valence-corrected chi connectivity index (χ1v) is 5.16. The fourth-order valence-electron chi connectivity index (χ4n) is 1.06. The van der Waals surface area contributed by atoms with Gasteiger partial charge < -0.3 is 10.2 Å². The Morgan fingerprint density at radius 2 is 2.20 bits per heavy atom. The van der Waals surface area contributed by atoms with E-state index in [1.165, 1.54) is 0 Å². The highest BCUT2D eigenvalue weighted by atomic mass is 79.9. The Kier molecular flexibility index (Phi) is 2.79. The van der Waals surface area contributed by atoms with Gasteiger partial charge in [-0.1, -0.05) is 0 Å². The van der Waals surface area contributed by atoms with Crippen LogP contribution in [0.5, 0.6) is 0 Å². The minimum Gasteiger partial charge on any atom is -0.419 e. The van der Waals surface area contributed by atoms with Crippen molar-refractivity contribution in [3.8, 4) is 11.5 Å². The molecule has 6 heteroatoms. The molecule has 0 aliphatic rings. The summed E-state index contributed by atoms with van der Waals surface area (Å²) in [5.74, 6) is 0.848. The van der Waals surface area contributed by atoms with E-state index in [9.17, 15) is 0 Å². The molecule has 0 aliphatic heterocycles. The van der Waals surface area contributed by atoms with Crippen molar-refractivity contribution in [2.45, 2.75) is 13.0 Å². The Labute approximate surface area is 94.8 Å². The van der Waals surface area contributed by atoms with Gasteiger partial charge >= 0.3 is 0 Å². The molecule has 2 N–H and O–H groups in total. The van der Waals surface area contributed by atoms with Crippen LogP contribution >= 0.6 is 15.9 Å². The van der Waals surface area contributed by atoms with E-state index in [4.69, 9.17) is 10.2 Å². The van der Waals surface area contributed by atoms with Crippen LogP contribution in [-0.2, 0) is 0 Å². The summed E-state index contributed by atoms with van der Waals surface area (Å²) in [6.07, 6.45) is 3.34. The summed E-state index contributed by atoms with van der Waals surface area (Å²) in [6, 6.07) is 1.59. The van der Waals surface area contributed by atoms with E-state index in [2.05, 4.69) is 31.1 Å². The average molecular weight is 269 g/mol. The van der Waals surface area contributed by atoms with E-state index in [1.54, 1.807) is 19.3 Å². The van der Waals surface area contributed by atoms with Gasteiger partial charge in [0.1, 0.15) is 0 Å². The molecule has 5 nitrogen and oxygen atoms in total. The molecular formula is C9H9BrN4O. The number of hydrogen-bond donors (Lipinski definition) is 1. The minimum atomic E-state index is -0.258. The maximum atomic E-state index is 5.61. The van der Waals surface area contributed by atoms with Gasteiger partial charge in [-0.05, 0) is 28.9 Å². The molecule has 0 bridgehead atoms. The molecule has 0 aromatic carbocycles. The summed E-state index contributed by atoms with van der Waals surface area (Å²) in [4.78, 5) is 4.01. The summed E-state index contributed by atoms with van der Waals surface area (Å²) in [5, 5.41) is 7.73. The van der Waals surface area contributed by atoms with Gasteiger partial charge in [-0.15, -0.1) is 10.2 Å². The van der Waals surface area contributed by atoms with Gasteiger partial charge in [0.2, 0.25) is 11.8 Å². The summed E-state index contributed by atoms with van der Waals surface area (Å²) >= 11 is 3.32. The number of nitrogens with two attached hydrogens (primary N) is 1. The van der Waals surface area contributed by atoms with E-state index in [1.807, 2.05) is 6.07 Å². The van der Waals surface area contributed by atoms with Crippen LogP contribution < -0.4 is 5.73 Å². The number of halogens is 1. The van der Waals surface area contributed by atoms with Crippen LogP contribution in [0.1, 0.15) is 18.9 Å². The van der Waals surface area contributed by atoms with Gasteiger partial charge in [-0.3, -0.25) is 4.98 Å². The first-order chi connectivity index (χ1) is 7.16. The molecule has 2 heterocycles. The highest BCUT2D eigenvalue weighted by molar-refractivity contribution is 9.10. The summed E-state index contributed by atoms with van der Waals surface area (Å²) < 4.78 is 6.24. The number of pyridine rings is 1. The molecular weight excluding hydrogens is 260 g/mol. The summed E-state index contributed by atoms with van der Waals surface area (Å²) in [7, 11) is 0. The third-order valence-corrected chi connectivity index (χ3v) is 2.22. The minimum absolute atomic E-state index is 0.258. The van der Waals surface area contributed by atoms with E-state index in [-0.39, 0.29) is 6.04 Å². The Morgan fingerprint density at radius 1 is 1.40 bits per heavy atom. The third-order valence-electron chi connectivity index (χ3n) is 1.78. The lowest BCUT2D eigenvalue weighted by atomic mass is 10.3. The first-order valence-electron chi connectivity index (χ1n) is 4.36. The van der Waals surface area contributed by atoms with Crippen molar-refractivity contribution in [3.63, 3.8) is 0 Å². The van der Waals surface area contributed by atoms with E-state index < -0.39 is 0 Å². The summed E-state index contributed by atoms with van der Waals surface area (Å²) in [6.45, 7) is 1.79. The number of nitrogens with zero attached hydrogens (tertiary/aromatic N) is 3. The van der Waals surface area contributed by atoms with E-state index >= 15 is 0 Å². The van der Waals surface area contributed by atoms with Gasteiger partial charge in [-0.25, -0.2) is 0 Å². The van der Waals surface area contributed by atoms with E-state index in [0.717, 1.165) is 10.0 Å². The highest BCUT2D eigenvalue weighted by Crippen LogP contribution is 2.21. The molecule has 1 atom stereocenters. The smallest absolute Gasteiger partial charge is 0.249 e. The van der Waals surface area contributed by atoms with Crippen LogP contribution in [0.2, 0.25) is 0 Å². The Balaban J connectivity index is 2.37. The Morgan fingerprint density at radius 3 is 2.80 bits per heavy atom. The van der Waals surface area contributed by atoms with Crippen LogP contribution in [0.4, 0.5) is 0 Å². The van der Waals surface area contributed by atoms with Gasteiger partial charge in [0.05, 0.1) is 11.6 Å². The molecule has 0 radical (unpaired) electrons. The monoisotopic (exact) mass is 268 g/mol. The molecule has 2 rings (SSSR count). The molecule has 0 amide bonds. The number of aromatic nitrogens is 3. The van der Waals surface area contributed by atoms with Crippen molar-refractivity contribution >= 4 is 15.9 Å². The predicted molar refractivity (Wildman–Crippen MR) is 57.8 cm³/mol. The van der Waals surface area contributed by atoms with Crippen molar-refractivity contribution in [3.05, 3.63) is 28.8 Å². The molecule has 0 spiro atoms. The zero-order valence-corrected chi connectivity index (χ0v) is 9.60. The van der Waals surface area contributed by atoms with Crippen LogP contribution in [0.3, 0.4) is 0 Å². The lowest BCUT2D eigenvalue weighted by Crippen LogP contribution is -2.04. The van der Waals surface area contributed by atoms with Crippen molar-refractivity contribution in [2.24, 2.45) is 5.73 Å². The second-order valence-electron chi connectivity index (χ2n) is 3.13. The molecule has 78 valence electrons. The fourth-order valence-corrected chi connectivity index (χ4v) is 1.43. The van der Waals surface area contributed by atoms with Crippen LogP contribution in [0, 0.1) is 0 Å². The van der Waals surface area contributed by atoms with Gasteiger partial charge in [-0.2, -0.15) is 0 Å². The second kappa shape index (κ2) is 4.08. The zero-order valence-electron chi connectivity index (χ0n) is 8.01. The maximum Gasteiger partial charge on any atom is 0.249 e. The number of rotatable bonds is 2.